The molecule has 5 heteroatoms. The fourth-order valence-corrected chi connectivity index (χ4v) is 6.47. The van der Waals surface area contributed by atoms with Crippen LogP contribution >= 0.6 is 0 Å². The van der Waals surface area contributed by atoms with Gasteiger partial charge in [0, 0.05) is 24.2 Å². The second-order valence-electron chi connectivity index (χ2n) is 9.08. The lowest BCUT2D eigenvalue weighted by Crippen LogP contribution is -2.66. The number of piperidine rings is 4. The summed E-state index contributed by atoms with van der Waals surface area (Å²) in [6, 6.07) is 7.03. The van der Waals surface area contributed by atoms with E-state index in [0.717, 1.165) is 36.6 Å². The molecule has 0 N–H and O–H groups in total. The Balaban J connectivity index is 1.40. The zero-order chi connectivity index (χ0) is 20.0. The number of carbonyl (C=O) groups is 1. The molecule has 5 rings (SSSR count). The lowest BCUT2D eigenvalue weighted by molar-refractivity contribution is -0.145. The van der Waals surface area contributed by atoms with Crippen molar-refractivity contribution in [3.05, 3.63) is 29.3 Å². The molecule has 29 heavy (non-hydrogen) atoms. The molecule has 4 aliphatic heterocycles. The normalized spacial score (nSPS) is 33.2. The van der Waals surface area contributed by atoms with Crippen LogP contribution in [0.4, 0.5) is 0 Å². The van der Waals surface area contributed by atoms with Crippen molar-refractivity contribution in [2.75, 3.05) is 33.9 Å². The number of amides is 1. The Bertz CT molecular complexity index is 818. The van der Waals surface area contributed by atoms with Crippen molar-refractivity contribution in [1.29, 1.82) is 0 Å². The highest BCUT2D eigenvalue weighted by Crippen LogP contribution is 2.45. The molecule has 0 spiro atoms. The number of ether oxygens (including phenoxy) is 2. The quantitative estimate of drug-likeness (QED) is 0.733. The van der Waals surface area contributed by atoms with Gasteiger partial charge in [-0.05, 0) is 87.2 Å². The summed E-state index contributed by atoms with van der Waals surface area (Å²) >= 11 is 0. The standard InChI is InChI=1S/C24H32N2O3/c1-28-21-10-7-16(14-22(21)29-2)13-17-8-9-20-19-6-4-12-25-11-3-5-18(23(19)25)15-26(20)24(17)27/h7,10,13-14,18-20,23H,3-6,8-9,11-12,15H2,1-2H3/b17-13+/t18-,19+,20+,23-/m0/s1. The number of carbonyl (C=O) groups excluding carboxylic acids is 1. The molecule has 4 atom stereocenters. The smallest absolute Gasteiger partial charge is 0.250 e. The molecule has 5 nitrogen and oxygen atoms in total. The third-order valence-electron chi connectivity index (χ3n) is 7.67. The van der Waals surface area contributed by atoms with Gasteiger partial charge in [-0.25, -0.2) is 0 Å². The van der Waals surface area contributed by atoms with Crippen LogP contribution in [0.5, 0.6) is 11.5 Å². The average molecular weight is 397 g/mol. The third kappa shape index (κ3) is 3.24. The molecule has 1 aromatic carbocycles. The molecule has 0 radical (unpaired) electrons. The maximum Gasteiger partial charge on any atom is 0.250 e. The Labute approximate surface area is 173 Å². The average Bonchev–Trinajstić information content (AvgIpc) is 2.76. The van der Waals surface area contributed by atoms with Gasteiger partial charge in [-0.3, -0.25) is 9.69 Å². The van der Waals surface area contributed by atoms with E-state index < -0.39 is 0 Å². The zero-order valence-electron chi connectivity index (χ0n) is 17.6. The lowest BCUT2D eigenvalue weighted by Gasteiger charge is -2.58. The van der Waals surface area contributed by atoms with E-state index in [1.54, 1.807) is 14.2 Å². The lowest BCUT2D eigenvalue weighted by atomic mass is 9.67. The van der Waals surface area contributed by atoms with Crippen molar-refractivity contribution in [2.45, 2.75) is 50.6 Å². The van der Waals surface area contributed by atoms with Crippen LogP contribution in [0.25, 0.3) is 6.08 Å². The predicted molar refractivity (Wildman–Crippen MR) is 113 cm³/mol. The molecule has 4 saturated heterocycles. The van der Waals surface area contributed by atoms with Crippen molar-refractivity contribution >= 4 is 12.0 Å². The molecule has 4 heterocycles. The number of methoxy groups -OCH3 is 2. The first-order chi connectivity index (χ1) is 14.2. The van der Waals surface area contributed by atoms with Gasteiger partial charge in [0.1, 0.15) is 0 Å². The van der Waals surface area contributed by atoms with E-state index in [-0.39, 0.29) is 5.91 Å². The highest BCUT2D eigenvalue weighted by atomic mass is 16.5. The van der Waals surface area contributed by atoms with Gasteiger partial charge in [0.2, 0.25) is 5.91 Å². The Kier molecular flexibility index (Phi) is 5.02. The van der Waals surface area contributed by atoms with Crippen LogP contribution in [-0.2, 0) is 4.79 Å². The molecule has 4 fully saturated rings. The Morgan fingerprint density at radius 1 is 1.03 bits per heavy atom. The third-order valence-corrected chi connectivity index (χ3v) is 7.67. The minimum Gasteiger partial charge on any atom is -0.493 e. The summed E-state index contributed by atoms with van der Waals surface area (Å²) in [5, 5.41) is 0. The van der Waals surface area contributed by atoms with Crippen LogP contribution < -0.4 is 9.47 Å². The van der Waals surface area contributed by atoms with Gasteiger partial charge in [-0.2, -0.15) is 0 Å². The molecule has 1 aromatic rings. The van der Waals surface area contributed by atoms with Crippen molar-refractivity contribution in [3.63, 3.8) is 0 Å². The molecular formula is C24H32N2O3. The maximum absolute atomic E-state index is 13.5. The molecule has 0 aliphatic carbocycles. The van der Waals surface area contributed by atoms with Gasteiger partial charge in [0.15, 0.2) is 11.5 Å². The minimum atomic E-state index is 0.261. The number of nitrogens with zero attached hydrogens (tertiary/aromatic N) is 2. The van der Waals surface area contributed by atoms with E-state index in [2.05, 4.69) is 15.9 Å². The summed E-state index contributed by atoms with van der Waals surface area (Å²) in [5.41, 5.74) is 1.94. The summed E-state index contributed by atoms with van der Waals surface area (Å²) < 4.78 is 10.8. The molecule has 0 saturated carbocycles. The van der Waals surface area contributed by atoms with Gasteiger partial charge in [-0.15, -0.1) is 0 Å². The van der Waals surface area contributed by atoms with Crippen LogP contribution in [0, 0.1) is 11.8 Å². The summed E-state index contributed by atoms with van der Waals surface area (Å²) in [6.07, 6.45) is 9.19. The Hall–Kier alpha value is -2.01. The van der Waals surface area contributed by atoms with Crippen molar-refractivity contribution in [3.8, 4) is 11.5 Å². The van der Waals surface area contributed by atoms with E-state index in [1.807, 2.05) is 18.2 Å². The number of rotatable bonds is 3. The SMILES string of the molecule is COc1ccc(/C=C2\CC[C@@H]3[C@H]4CCCN5CCC[C@@H](CN3C2=O)[C@@H]45)cc1OC. The van der Waals surface area contributed by atoms with E-state index in [0.29, 0.717) is 29.4 Å². The zero-order valence-corrected chi connectivity index (χ0v) is 17.6. The van der Waals surface area contributed by atoms with Gasteiger partial charge in [0.25, 0.3) is 0 Å². The van der Waals surface area contributed by atoms with E-state index >= 15 is 0 Å². The van der Waals surface area contributed by atoms with Crippen molar-refractivity contribution < 1.29 is 14.3 Å². The fraction of sp³-hybridized carbons (Fsp3) is 0.625. The minimum absolute atomic E-state index is 0.261. The molecule has 4 aliphatic rings. The largest absolute Gasteiger partial charge is 0.493 e. The predicted octanol–water partition coefficient (Wildman–Crippen LogP) is 3.58. The van der Waals surface area contributed by atoms with E-state index in [1.165, 1.54) is 38.8 Å². The second kappa shape index (κ2) is 7.67. The van der Waals surface area contributed by atoms with Crippen LogP contribution in [0.2, 0.25) is 0 Å². The molecule has 0 unspecified atom stereocenters. The van der Waals surface area contributed by atoms with Crippen LogP contribution in [0.15, 0.2) is 23.8 Å². The molecule has 0 aromatic heterocycles. The number of benzene rings is 1. The molecule has 0 bridgehead atoms. The van der Waals surface area contributed by atoms with Gasteiger partial charge in [0.05, 0.1) is 14.2 Å². The number of hydrogen-bond donors (Lipinski definition) is 0. The highest BCUT2D eigenvalue weighted by molar-refractivity contribution is 5.99. The first-order valence-electron chi connectivity index (χ1n) is 11.2. The number of fused-ring (bicyclic) bond motifs is 2. The van der Waals surface area contributed by atoms with Crippen LogP contribution in [0.3, 0.4) is 0 Å². The van der Waals surface area contributed by atoms with Crippen molar-refractivity contribution in [2.24, 2.45) is 11.8 Å². The van der Waals surface area contributed by atoms with Crippen LogP contribution in [0.1, 0.15) is 44.1 Å². The van der Waals surface area contributed by atoms with Gasteiger partial charge >= 0.3 is 0 Å². The van der Waals surface area contributed by atoms with Crippen LogP contribution in [-0.4, -0.2) is 61.6 Å². The first-order valence-corrected chi connectivity index (χ1v) is 11.2. The van der Waals surface area contributed by atoms with E-state index in [9.17, 15) is 4.79 Å². The highest BCUT2D eigenvalue weighted by Gasteiger charge is 2.51. The summed E-state index contributed by atoms with van der Waals surface area (Å²) in [6.45, 7) is 3.48. The first kappa shape index (κ1) is 19.0. The molecular weight excluding hydrogens is 364 g/mol. The summed E-state index contributed by atoms with van der Waals surface area (Å²) in [7, 11) is 3.29. The van der Waals surface area contributed by atoms with Gasteiger partial charge in [-0.1, -0.05) is 6.07 Å². The second-order valence-corrected chi connectivity index (χ2v) is 9.08. The Morgan fingerprint density at radius 2 is 1.83 bits per heavy atom. The molecule has 1 amide bonds. The monoisotopic (exact) mass is 396 g/mol. The number of hydrogen-bond acceptors (Lipinski definition) is 4. The topological polar surface area (TPSA) is 42.0 Å². The van der Waals surface area contributed by atoms with E-state index in [4.69, 9.17) is 9.47 Å². The Morgan fingerprint density at radius 3 is 2.62 bits per heavy atom. The summed E-state index contributed by atoms with van der Waals surface area (Å²) in [5.74, 6) is 3.01. The molecule has 156 valence electrons. The maximum atomic E-state index is 13.5. The summed E-state index contributed by atoms with van der Waals surface area (Å²) in [4.78, 5) is 18.5. The van der Waals surface area contributed by atoms with Crippen molar-refractivity contribution in [1.82, 2.24) is 9.80 Å². The fourth-order valence-electron chi connectivity index (χ4n) is 6.47. The van der Waals surface area contributed by atoms with Gasteiger partial charge < -0.3 is 14.4 Å².